The van der Waals surface area contributed by atoms with Gasteiger partial charge in [-0.1, -0.05) is 199 Å². The van der Waals surface area contributed by atoms with E-state index in [0.717, 1.165) is 56.0 Å². The summed E-state index contributed by atoms with van der Waals surface area (Å²) in [6, 6.07) is 69.4. The summed E-state index contributed by atoms with van der Waals surface area (Å²) in [6.07, 6.45) is 3.72. The van der Waals surface area contributed by atoms with E-state index in [4.69, 9.17) is 30.2 Å². The number of rotatable bonds is 20. The minimum atomic E-state index is -1.39. The second-order valence-corrected chi connectivity index (χ2v) is 22.5. The van der Waals surface area contributed by atoms with Crippen molar-refractivity contribution in [3.63, 3.8) is 0 Å². The number of amides is 2. The third kappa shape index (κ3) is 11.8. The normalized spacial score (nSPS) is 15.0. The number of ether oxygens (including phenoxy) is 2. The van der Waals surface area contributed by atoms with Crippen LogP contribution in [0.3, 0.4) is 0 Å². The van der Waals surface area contributed by atoms with E-state index in [2.05, 4.69) is 56.4 Å². The lowest BCUT2D eigenvalue weighted by atomic mass is 9.77. The van der Waals surface area contributed by atoms with E-state index in [1.165, 1.54) is 28.0 Å². The number of hydrogen-bond acceptors (Lipinski definition) is 15. The Kier molecular flexibility index (Phi) is 17.6. The number of aromatic nitrogens is 4. The van der Waals surface area contributed by atoms with Gasteiger partial charge in [0.2, 0.25) is 5.60 Å². The highest BCUT2D eigenvalue weighted by atomic mass is 127. The maximum atomic E-state index is 15.5. The molecule has 2 amide bonds. The molecule has 4 N–H and O–H groups in total. The summed E-state index contributed by atoms with van der Waals surface area (Å²) in [4.78, 5) is 63.0. The van der Waals surface area contributed by atoms with Crippen molar-refractivity contribution in [1.29, 1.82) is 0 Å². The molecule has 15 nitrogen and oxygen atoms in total. The number of thioether (sulfide) groups is 1. The van der Waals surface area contributed by atoms with Crippen LogP contribution in [0.2, 0.25) is 0 Å². The molecule has 0 saturated carbocycles. The summed E-state index contributed by atoms with van der Waals surface area (Å²) in [6.45, 7) is 0.157. The third-order valence-corrected chi connectivity index (χ3v) is 17.3. The third-order valence-electron chi connectivity index (χ3n) is 14.7. The van der Waals surface area contributed by atoms with Gasteiger partial charge in [0.05, 0.1) is 12.7 Å². The zero-order valence-corrected chi connectivity index (χ0v) is 50.2. The first-order valence-corrected chi connectivity index (χ1v) is 29.6. The molecule has 0 aliphatic carbocycles. The number of thiazole rings is 1. The van der Waals surface area contributed by atoms with Crippen molar-refractivity contribution < 1.29 is 57.2 Å². The average Bonchev–Trinajstić information content (AvgIpc) is 1.86. The van der Waals surface area contributed by atoms with Gasteiger partial charge < -0.3 is 54.7 Å². The number of β-lactam (4-membered cyclic amide) rings is 1. The summed E-state index contributed by atoms with van der Waals surface area (Å²) in [5.41, 5.74) is 10.9. The van der Waals surface area contributed by atoms with E-state index < -0.39 is 40.3 Å². The van der Waals surface area contributed by atoms with Crippen molar-refractivity contribution >= 4 is 68.4 Å². The van der Waals surface area contributed by atoms with E-state index in [-0.39, 0.29) is 54.2 Å². The zero-order valence-electron chi connectivity index (χ0n) is 45.6. The van der Waals surface area contributed by atoms with Crippen molar-refractivity contribution in [3.05, 3.63) is 292 Å². The number of fused-ring (bicyclic) bond motifs is 1. The van der Waals surface area contributed by atoms with Gasteiger partial charge >= 0.3 is 5.97 Å². The van der Waals surface area contributed by atoms with Crippen LogP contribution in [0.25, 0.3) is 11.4 Å². The topological polar surface area (TPSA) is 187 Å². The maximum absolute atomic E-state index is 15.5. The number of oxime groups is 1. The number of nitrogens with two attached hydrogens (primary N) is 1. The number of anilines is 2. The predicted molar refractivity (Wildman–Crippen MR) is 327 cm³/mol. The fourth-order valence-corrected chi connectivity index (χ4v) is 13.2. The maximum Gasteiger partial charge on any atom is 0.355 e. The first kappa shape index (κ1) is 57.8. The molecule has 2 aliphatic heterocycles. The van der Waals surface area contributed by atoms with Gasteiger partial charge in [0.15, 0.2) is 40.7 Å². The van der Waals surface area contributed by atoms with Crippen LogP contribution in [-0.4, -0.2) is 67.0 Å². The Morgan fingerprint density at radius 2 is 1.26 bits per heavy atom. The summed E-state index contributed by atoms with van der Waals surface area (Å²) in [5.74, 6) is -0.485. The minimum Gasteiger partial charge on any atom is -1.00 e. The molecule has 2 atom stereocenters. The summed E-state index contributed by atoms with van der Waals surface area (Å²) in [5, 5.41) is 13.6. The number of nitrogens with one attached hydrogen (secondary N) is 2. The summed E-state index contributed by atoms with van der Waals surface area (Å²) < 4.78 is 17.6. The highest BCUT2D eigenvalue weighted by Gasteiger charge is 2.55. The Labute approximate surface area is 520 Å². The van der Waals surface area contributed by atoms with Gasteiger partial charge in [-0.25, -0.2) is 14.3 Å². The standard InChI is InChI=1S/C66H53N9O6S3.HI/c1-79-53-36-34-44(35-37-53)41-80-62(78)57-46(40-74-38-20-21-45(39-74)58-70-63(67)84-73-58)42-82-61-56(60(77)75(57)61)69-59(76)55(72-81-66(50-28-14-5-15-29-50,51-30-16-6-17-31-51)52-32-18-7-19-33-52)54-43-83-64(68-54)71-65(47-22-8-2-9-23-47,48-24-10-3-11-25-48)49-26-12-4-13-27-49;/h2-39,43,56,61H,40-42H2,1H3,(H3-,67,68,69,70,71,73,76);1H/t56-,61+;/m1./s1. The van der Waals surface area contributed by atoms with Crippen LogP contribution in [-0.2, 0) is 48.2 Å². The molecular formula is C66H54IN9O6S3. The molecule has 424 valence electrons. The van der Waals surface area contributed by atoms with Gasteiger partial charge in [-0.2, -0.15) is 9.36 Å². The first-order chi connectivity index (χ1) is 41.2. The number of methoxy groups -OCH3 is 1. The highest BCUT2D eigenvalue weighted by Crippen LogP contribution is 2.44. The monoisotopic (exact) mass is 1290 g/mol. The molecule has 85 heavy (non-hydrogen) atoms. The van der Waals surface area contributed by atoms with Crippen molar-refractivity contribution in [1.82, 2.24) is 24.6 Å². The molecule has 3 aromatic heterocycles. The number of hydrogen-bond donors (Lipinski definition) is 3. The Morgan fingerprint density at radius 1 is 0.718 bits per heavy atom. The van der Waals surface area contributed by atoms with Gasteiger partial charge in [0.1, 0.15) is 40.7 Å². The lowest BCUT2D eigenvalue weighted by Crippen LogP contribution is -3.00. The van der Waals surface area contributed by atoms with Gasteiger partial charge in [-0.15, -0.1) is 23.1 Å². The van der Waals surface area contributed by atoms with Crippen LogP contribution in [0.15, 0.2) is 253 Å². The van der Waals surface area contributed by atoms with Crippen molar-refractivity contribution in [2.45, 2.75) is 35.7 Å². The van der Waals surface area contributed by atoms with Crippen LogP contribution in [0.5, 0.6) is 5.75 Å². The van der Waals surface area contributed by atoms with Gasteiger partial charge in [0, 0.05) is 51.0 Å². The molecule has 0 unspecified atom stereocenters. The predicted octanol–water partition coefficient (Wildman–Crippen LogP) is 7.76. The second kappa shape index (κ2) is 25.9. The molecule has 0 bridgehead atoms. The smallest absolute Gasteiger partial charge is 0.355 e. The molecule has 0 radical (unpaired) electrons. The fourth-order valence-electron chi connectivity index (χ4n) is 10.6. The number of esters is 1. The average molecular weight is 1290 g/mol. The summed E-state index contributed by atoms with van der Waals surface area (Å²) >= 11 is 3.82. The van der Waals surface area contributed by atoms with Crippen LogP contribution in [0, 0.1) is 0 Å². The molecule has 1 fully saturated rings. The molecule has 7 aromatic carbocycles. The largest absolute Gasteiger partial charge is 1.00 e. The minimum absolute atomic E-state index is 0. The Bertz CT molecular complexity index is 3820. The molecule has 2 aliphatic rings. The number of nitrogen functional groups attached to an aromatic ring is 1. The molecule has 0 spiro atoms. The van der Waals surface area contributed by atoms with Gasteiger partial charge in [0.25, 0.3) is 11.8 Å². The zero-order chi connectivity index (χ0) is 57.5. The van der Waals surface area contributed by atoms with Crippen molar-refractivity contribution in [2.24, 2.45) is 5.16 Å². The van der Waals surface area contributed by atoms with E-state index in [0.29, 0.717) is 33.2 Å². The number of halogens is 1. The molecular weight excluding hydrogens is 1240 g/mol. The van der Waals surface area contributed by atoms with Gasteiger partial charge in [-0.05, 0) is 40.5 Å². The van der Waals surface area contributed by atoms with E-state index in [1.807, 2.05) is 187 Å². The summed E-state index contributed by atoms with van der Waals surface area (Å²) in [7, 11) is 1.58. The molecule has 1 saturated heterocycles. The quantitative estimate of drug-likeness (QED) is 0.0128. The SMILES string of the molecule is COc1ccc(COC(=O)C2=C(C[n+]3cccc(-c4nsc(N)n4)c3)CS[C@H]3[C@H](NC(=O)C(=NOC(c4ccccc4)(c4ccccc4)c4ccccc4)c4csc(NC(c5ccccc5)(c5ccccc5)c5ccccc5)n4)C(=O)N23)cc1.[I-]. The van der Waals surface area contributed by atoms with E-state index >= 15 is 4.79 Å². The Hall–Kier alpha value is -9.02. The second-order valence-electron chi connectivity index (χ2n) is 19.8. The Morgan fingerprint density at radius 3 is 1.78 bits per heavy atom. The van der Waals surface area contributed by atoms with E-state index in [9.17, 15) is 9.59 Å². The first-order valence-electron chi connectivity index (χ1n) is 26.9. The number of carbonyl (C=O) groups excluding carboxylic acids is 3. The van der Waals surface area contributed by atoms with E-state index in [1.54, 1.807) is 24.6 Å². The Balaban J connectivity index is 0.00000752. The molecule has 12 rings (SSSR count). The highest BCUT2D eigenvalue weighted by molar-refractivity contribution is 8.00. The molecule has 19 heteroatoms. The fraction of sp³-hybridized carbons (Fsp3) is 0.121. The van der Waals surface area contributed by atoms with Crippen LogP contribution >= 0.6 is 34.6 Å². The number of nitrogens with zero attached hydrogens (tertiary/aromatic N) is 6. The number of benzene rings is 7. The van der Waals surface area contributed by atoms with Crippen LogP contribution in [0.1, 0.15) is 44.6 Å². The molecule has 5 heterocycles. The number of carbonyl (C=O) groups is 3. The van der Waals surface area contributed by atoms with Crippen LogP contribution in [0.4, 0.5) is 10.3 Å². The van der Waals surface area contributed by atoms with Gasteiger partial charge in [-0.3, -0.25) is 14.5 Å². The van der Waals surface area contributed by atoms with Crippen LogP contribution < -0.4 is 49.6 Å². The van der Waals surface area contributed by atoms with Crippen molar-refractivity contribution in [3.8, 4) is 17.1 Å². The lowest BCUT2D eigenvalue weighted by molar-refractivity contribution is -0.688. The number of pyridine rings is 1. The molecule has 10 aromatic rings. The van der Waals surface area contributed by atoms with Crippen molar-refractivity contribution in [2.75, 3.05) is 23.9 Å². The lowest BCUT2D eigenvalue weighted by Gasteiger charge is -2.49.